The van der Waals surface area contributed by atoms with Gasteiger partial charge in [-0.05, 0) is 13.0 Å². The normalized spacial score (nSPS) is 34.6. The van der Waals surface area contributed by atoms with Gasteiger partial charge in [0, 0.05) is 6.20 Å². The first kappa shape index (κ1) is 14.4. The molecule has 0 aliphatic carbocycles. The molecule has 5 atom stereocenters. The second kappa shape index (κ2) is 4.84. The molecule has 0 amide bonds. The minimum Gasteiger partial charge on any atom is -0.391 e. The van der Waals surface area contributed by atoms with E-state index >= 15 is 0 Å². The third-order valence-corrected chi connectivity index (χ3v) is 3.20. The van der Waals surface area contributed by atoms with Crippen molar-refractivity contribution in [3.8, 4) is 6.07 Å². The highest BCUT2D eigenvalue weighted by atomic mass is 16.6. The van der Waals surface area contributed by atoms with Crippen LogP contribution < -0.4 is 11.4 Å². The number of hydrogen-bond acceptors (Lipinski definition) is 8. The van der Waals surface area contributed by atoms with Gasteiger partial charge in [0.1, 0.15) is 30.2 Å². The van der Waals surface area contributed by atoms with E-state index in [2.05, 4.69) is 4.98 Å². The molecule has 1 fully saturated rings. The number of rotatable bonds is 2. The van der Waals surface area contributed by atoms with Crippen molar-refractivity contribution in [2.75, 3.05) is 5.73 Å². The van der Waals surface area contributed by atoms with Crippen LogP contribution in [-0.2, 0) is 10.5 Å². The second-order valence-electron chi connectivity index (χ2n) is 4.57. The molecule has 9 heteroatoms. The first-order chi connectivity index (χ1) is 9.33. The van der Waals surface area contributed by atoms with Crippen molar-refractivity contribution >= 4 is 5.82 Å². The summed E-state index contributed by atoms with van der Waals surface area (Å²) >= 11 is 0. The number of nitrogens with zero attached hydrogens (tertiary/aromatic N) is 3. The Bertz CT molecular complexity index is 610. The fraction of sp³-hybridized carbons (Fsp3) is 0.545. The summed E-state index contributed by atoms with van der Waals surface area (Å²) in [5.41, 5.74) is 2.27. The van der Waals surface area contributed by atoms with Crippen LogP contribution in [0.3, 0.4) is 0 Å². The number of anilines is 1. The third kappa shape index (κ3) is 1.95. The summed E-state index contributed by atoms with van der Waals surface area (Å²) in [7, 11) is 0. The van der Waals surface area contributed by atoms with E-state index in [0.717, 1.165) is 10.8 Å². The van der Waals surface area contributed by atoms with E-state index in [-0.39, 0.29) is 5.82 Å². The molecular formula is C11H14N4O5. The number of ether oxygens (including phenoxy) is 1. The number of aliphatic hydroxyl groups excluding tert-OH is 3. The molecule has 0 radical (unpaired) electrons. The van der Waals surface area contributed by atoms with Crippen LogP contribution in [0, 0.1) is 11.3 Å². The molecule has 1 aliphatic rings. The lowest BCUT2D eigenvalue weighted by Crippen LogP contribution is -2.49. The summed E-state index contributed by atoms with van der Waals surface area (Å²) < 4.78 is 6.00. The minimum absolute atomic E-state index is 0.0561. The third-order valence-electron chi connectivity index (χ3n) is 3.20. The van der Waals surface area contributed by atoms with Crippen molar-refractivity contribution in [1.82, 2.24) is 9.55 Å². The molecule has 1 aromatic rings. The van der Waals surface area contributed by atoms with Crippen LogP contribution in [0.4, 0.5) is 5.82 Å². The summed E-state index contributed by atoms with van der Waals surface area (Å²) in [6, 6.07) is 2.91. The molecule has 5 N–H and O–H groups in total. The zero-order valence-corrected chi connectivity index (χ0v) is 10.5. The lowest BCUT2D eigenvalue weighted by atomic mass is 10.0. The Hall–Kier alpha value is -1.99. The van der Waals surface area contributed by atoms with Crippen molar-refractivity contribution in [1.29, 1.82) is 5.26 Å². The zero-order valence-electron chi connectivity index (χ0n) is 10.5. The number of nitrogen functional groups attached to an aromatic ring is 1. The van der Waals surface area contributed by atoms with Gasteiger partial charge in [-0.15, -0.1) is 0 Å². The molecule has 9 nitrogen and oxygen atoms in total. The van der Waals surface area contributed by atoms with Gasteiger partial charge in [-0.2, -0.15) is 10.2 Å². The number of hydrogen-bond donors (Lipinski definition) is 4. The lowest BCUT2D eigenvalue weighted by molar-refractivity contribution is -0.123. The van der Waals surface area contributed by atoms with Gasteiger partial charge in [-0.3, -0.25) is 4.57 Å². The average Bonchev–Trinajstić information content (AvgIpc) is 2.64. The molecule has 0 aromatic carbocycles. The highest BCUT2D eigenvalue weighted by molar-refractivity contribution is 5.25. The molecule has 1 aromatic heterocycles. The highest BCUT2D eigenvalue weighted by Crippen LogP contribution is 2.35. The van der Waals surface area contributed by atoms with Gasteiger partial charge in [0.15, 0.2) is 0 Å². The van der Waals surface area contributed by atoms with E-state index in [1.165, 1.54) is 13.0 Å². The minimum atomic E-state index is -2.17. The molecule has 5 unspecified atom stereocenters. The van der Waals surface area contributed by atoms with Gasteiger partial charge in [-0.25, -0.2) is 4.79 Å². The van der Waals surface area contributed by atoms with Crippen LogP contribution >= 0.6 is 0 Å². The summed E-state index contributed by atoms with van der Waals surface area (Å²) in [6.07, 6.45) is -4.48. The summed E-state index contributed by atoms with van der Waals surface area (Å²) in [5, 5.41) is 38.7. The van der Waals surface area contributed by atoms with Gasteiger partial charge in [0.2, 0.25) is 0 Å². The molecule has 0 bridgehead atoms. The SMILES string of the molecule is CC(O)C1OC(C#N)(n2ccc(N)nc2=O)C(O)C1O. The van der Waals surface area contributed by atoms with E-state index in [1.54, 1.807) is 6.07 Å². The first-order valence-electron chi connectivity index (χ1n) is 5.82. The second-order valence-corrected chi connectivity index (χ2v) is 4.57. The van der Waals surface area contributed by atoms with Gasteiger partial charge in [-0.1, -0.05) is 0 Å². The Balaban J connectivity index is 2.56. The predicted molar refractivity (Wildman–Crippen MR) is 65.1 cm³/mol. The number of nitrogens with two attached hydrogens (primary N) is 1. The first-order valence-corrected chi connectivity index (χ1v) is 5.82. The van der Waals surface area contributed by atoms with Crippen LogP contribution in [0.2, 0.25) is 0 Å². The molecule has 108 valence electrons. The van der Waals surface area contributed by atoms with Crippen LogP contribution in [0.5, 0.6) is 0 Å². The Morgan fingerprint density at radius 3 is 2.75 bits per heavy atom. The lowest BCUT2D eigenvalue weighted by Gasteiger charge is -2.26. The predicted octanol–water partition coefficient (Wildman–Crippen LogP) is -2.50. The van der Waals surface area contributed by atoms with E-state index in [9.17, 15) is 25.4 Å². The van der Waals surface area contributed by atoms with Crippen LogP contribution in [-0.4, -0.2) is 49.3 Å². The average molecular weight is 282 g/mol. The van der Waals surface area contributed by atoms with Crippen molar-refractivity contribution in [3.05, 3.63) is 22.7 Å². The largest absolute Gasteiger partial charge is 0.391 e. The van der Waals surface area contributed by atoms with Crippen LogP contribution in [0.15, 0.2) is 17.1 Å². The molecule has 20 heavy (non-hydrogen) atoms. The smallest absolute Gasteiger partial charge is 0.352 e. The molecule has 2 heterocycles. The Morgan fingerprint density at radius 2 is 2.30 bits per heavy atom. The van der Waals surface area contributed by atoms with Gasteiger partial charge >= 0.3 is 5.69 Å². The Kier molecular flexibility index (Phi) is 3.49. The molecule has 1 aliphatic heterocycles. The van der Waals surface area contributed by atoms with Crippen LogP contribution in [0.25, 0.3) is 0 Å². The number of aromatic nitrogens is 2. The van der Waals surface area contributed by atoms with Gasteiger partial charge < -0.3 is 25.8 Å². The van der Waals surface area contributed by atoms with Crippen molar-refractivity contribution in [2.45, 2.75) is 37.1 Å². The molecule has 1 saturated heterocycles. The topological polar surface area (TPSA) is 155 Å². The summed E-state index contributed by atoms with van der Waals surface area (Å²) in [4.78, 5) is 15.2. The van der Waals surface area contributed by atoms with Crippen molar-refractivity contribution in [2.24, 2.45) is 0 Å². The zero-order chi connectivity index (χ0) is 15.1. The standard InChI is InChI=1S/C11H14N4O5/c1-5(16)8-7(17)9(18)11(4-12,20-8)15-3-2-6(13)14-10(15)19/h2-3,5,7-9,16-18H,1H3,(H2,13,14,19). The molecule has 0 saturated carbocycles. The van der Waals surface area contributed by atoms with E-state index in [0.29, 0.717) is 0 Å². The highest BCUT2D eigenvalue weighted by Gasteiger charge is 2.58. The maximum absolute atomic E-state index is 11.8. The fourth-order valence-electron chi connectivity index (χ4n) is 2.16. The van der Waals surface area contributed by atoms with E-state index in [1.807, 2.05) is 0 Å². The number of aliphatic hydroxyl groups is 3. The Labute approximate surface area is 113 Å². The quantitative estimate of drug-likeness (QED) is 0.464. The maximum Gasteiger partial charge on any atom is 0.352 e. The summed E-state index contributed by atoms with van der Waals surface area (Å²) in [5.74, 6) is -0.0561. The molecule has 2 rings (SSSR count). The van der Waals surface area contributed by atoms with Crippen LogP contribution in [0.1, 0.15) is 6.92 Å². The maximum atomic E-state index is 11.8. The van der Waals surface area contributed by atoms with Crippen molar-refractivity contribution < 1.29 is 20.1 Å². The van der Waals surface area contributed by atoms with Gasteiger partial charge in [0.25, 0.3) is 5.72 Å². The van der Waals surface area contributed by atoms with Gasteiger partial charge in [0.05, 0.1) is 6.10 Å². The Morgan fingerprint density at radius 1 is 1.65 bits per heavy atom. The number of nitriles is 1. The van der Waals surface area contributed by atoms with E-state index < -0.39 is 35.8 Å². The monoisotopic (exact) mass is 282 g/mol. The van der Waals surface area contributed by atoms with E-state index in [4.69, 9.17) is 10.5 Å². The molecular weight excluding hydrogens is 268 g/mol. The fourth-order valence-corrected chi connectivity index (χ4v) is 2.16. The summed E-state index contributed by atoms with van der Waals surface area (Å²) in [6.45, 7) is 1.33. The molecule has 0 spiro atoms. The van der Waals surface area contributed by atoms with Crippen molar-refractivity contribution in [3.63, 3.8) is 0 Å².